The number of aromatic nitrogens is 1. The molecule has 1 N–H and O–H groups in total. The molecule has 2 heterocycles. The normalized spacial score (nSPS) is 20.8. The van der Waals surface area contributed by atoms with Crippen LogP contribution in [0.15, 0.2) is 41.5 Å². The van der Waals surface area contributed by atoms with E-state index in [1.54, 1.807) is 0 Å². The first-order valence-corrected chi connectivity index (χ1v) is 7.99. The van der Waals surface area contributed by atoms with E-state index < -0.39 is 0 Å². The molecule has 1 aliphatic rings. The van der Waals surface area contributed by atoms with Crippen molar-refractivity contribution in [2.75, 3.05) is 5.75 Å². The zero-order valence-corrected chi connectivity index (χ0v) is 12.7. The van der Waals surface area contributed by atoms with Gasteiger partial charge in [-0.1, -0.05) is 49.9 Å². The van der Waals surface area contributed by atoms with Gasteiger partial charge in [0.15, 0.2) is 5.17 Å². The molecule has 2 aromatic rings. The van der Waals surface area contributed by atoms with E-state index in [1.165, 1.54) is 10.9 Å². The molecule has 20 heavy (non-hydrogen) atoms. The molecule has 1 atom stereocenters. The number of amidine groups is 1. The predicted molar refractivity (Wildman–Crippen MR) is 87.1 cm³/mol. The van der Waals surface area contributed by atoms with E-state index in [2.05, 4.69) is 48.4 Å². The van der Waals surface area contributed by atoms with Gasteiger partial charge in [0.25, 0.3) is 0 Å². The molecule has 4 heteroatoms. The number of nitrogens with zero attached hydrogens (tertiary/aromatic N) is 2. The van der Waals surface area contributed by atoms with Crippen molar-refractivity contribution < 1.29 is 0 Å². The second-order valence-corrected chi connectivity index (χ2v) is 6.43. The second kappa shape index (κ2) is 5.83. The van der Waals surface area contributed by atoms with E-state index in [0.29, 0.717) is 18.5 Å². The van der Waals surface area contributed by atoms with Crippen molar-refractivity contribution in [1.82, 2.24) is 10.3 Å². The van der Waals surface area contributed by atoms with E-state index in [9.17, 15) is 0 Å². The highest BCUT2D eigenvalue weighted by molar-refractivity contribution is 8.14. The molecule has 1 aromatic carbocycles. The molecule has 3 nitrogen and oxygen atoms in total. The summed E-state index contributed by atoms with van der Waals surface area (Å²) in [7, 11) is 0. The summed E-state index contributed by atoms with van der Waals surface area (Å²) in [5.74, 6) is 1.76. The maximum atomic E-state index is 4.70. The third-order valence-electron chi connectivity index (χ3n) is 3.62. The van der Waals surface area contributed by atoms with Crippen LogP contribution in [0, 0.1) is 5.92 Å². The minimum absolute atomic E-state index is 0.546. The fourth-order valence-corrected chi connectivity index (χ4v) is 3.51. The summed E-state index contributed by atoms with van der Waals surface area (Å²) in [6.07, 6.45) is 1.84. The largest absolute Gasteiger partial charge is 0.361 e. The van der Waals surface area contributed by atoms with Crippen LogP contribution in [0.25, 0.3) is 10.9 Å². The number of hydrogen-bond acceptors (Lipinski definition) is 3. The van der Waals surface area contributed by atoms with E-state index in [1.807, 2.05) is 24.0 Å². The van der Waals surface area contributed by atoms with Gasteiger partial charge < -0.3 is 5.32 Å². The molecule has 104 valence electrons. The van der Waals surface area contributed by atoms with Crippen molar-refractivity contribution in [2.24, 2.45) is 10.9 Å². The average Bonchev–Trinajstić information content (AvgIpc) is 2.94. The lowest BCUT2D eigenvalue weighted by atomic mass is 10.1. The van der Waals surface area contributed by atoms with Gasteiger partial charge in [-0.2, -0.15) is 0 Å². The SMILES string of the molecule is CC(C)C1CSC(=NCc2cccc3cccnc23)N1. The Morgan fingerprint density at radius 3 is 3.00 bits per heavy atom. The van der Waals surface area contributed by atoms with Crippen LogP contribution in [-0.4, -0.2) is 21.9 Å². The van der Waals surface area contributed by atoms with Crippen LogP contribution in [0.3, 0.4) is 0 Å². The summed E-state index contributed by atoms with van der Waals surface area (Å²) in [5.41, 5.74) is 2.24. The van der Waals surface area contributed by atoms with E-state index in [0.717, 1.165) is 16.4 Å². The molecule has 0 bridgehead atoms. The van der Waals surface area contributed by atoms with Crippen LogP contribution in [-0.2, 0) is 6.54 Å². The maximum absolute atomic E-state index is 4.70. The van der Waals surface area contributed by atoms with Gasteiger partial charge in [-0.25, -0.2) is 0 Å². The van der Waals surface area contributed by atoms with Gasteiger partial charge in [-0.15, -0.1) is 0 Å². The molecule has 1 fully saturated rings. The third-order valence-corrected chi connectivity index (χ3v) is 4.67. The zero-order valence-electron chi connectivity index (χ0n) is 11.8. The monoisotopic (exact) mass is 285 g/mol. The van der Waals surface area contributed by atoms with Crippen LogP contribution in [0.1, 0.15) is 19.4 Å². The molecule has 1 aliphatic heterocycles. The number of nitrogens with one attached hydrogen (secondary N) is 1. The lowest BCUT2D eigenvalue weighted by molar-refractivity contribution is 0.503. The summed E-state index contributed by atoms with van der Waals surface area (Å²) in [6, 6.07) is 10.9. The Labute approximate surface area is 123 Å². The third kappa shape index (κ3) is 2.80. The van der Waals surface area contributed by atoms with E-state index >= 15 is 0 Å². The molecule has 3 rings (SSSR count). The Kier molecular flexibility index (Phi) is 3.92. The highest BCUT2D eigenvalue weighted by Gasteiger charge is 2.22. The van der Waals surface area contributed by atoms with Gasteiger partial charge >= 0.3 is 0 Å². The molecular weight excluding hydrogens is 266 g/mol. The van der Waals surface area contributed by atoms with Gasteiger partial charge in [-0.3, -0.25) is 9.98 Å². The number of para-hydroxylation sites is 1. The van der Waals surface area contributed by atoms with Gasteiger partial charge in [0, 0.05) is 23.4 Å². The van der Waals surface area contributed by atoms with Crippen LogP contribution in [0.4, 0.5) is 0 Å². The fraction of sp³-hybridized carbons (Fsp3) is 0.375. The standard InChI is InChI=1S/C16H19N3S/c1-11(2)14-10-20-16(19-14)18-9-13-6-3-5-12-7-4-8-17-15(12)13/h3-8,11,14H,9-10H2,1-2H3,(H,18,19). The van der Waals surface area contributed by atoms with Gasteiger partial charge in [0.1, 0.15) is 0 Å². The molecule has 1 aromatic heterocycles. The van der Waals surface area contributed by atoms with Crippen LogP contribution in [0.5, 0.6) is 0 Å². The van der Waals surface area contributed by atoms with Gasteiger partial charge in [-0.05, 0) is 17.5 Å². The van der Waals surface area contributed by atoms with Crippen molar-refractivity contribution in [3.8, 4) is 0 Å². The van der Waals surface area contributed by atoms with Crippen molar-refractivity contribution in [1.29, 1.82) is 0 Å². The molecule has 0 radical (unpaired) electrons. The average molecular weight is 285 g/mol. The smallest absolute Gasteiger partial charge is 0.157 e. The Hall–Kier alpha value is -1.55. The number of fused-ring (bicyclic) bond motifs is 1. The first-order chi connectivity index (χ1) is 9.74. The van der Waals surface area contributed by atoms with E-state index in [4.69, 9.17) is 4.99 Å². The summed E-state index contributed by atoms with van der Waals surface area (Å²) in [5, 5.41) is 5.75. The maximum Gasteiger partial charge on any atom is 0.157 e. The van der Waals surface area contributed by atoms with Crippen molar-refractivity contribution in [3.05, 3.63) is 42.1 Å². The molecule has 1 unspecified atom stereocenters. The van der Waals surface area contributed by atoms with Gasteiger partial charge in [0.2, 0.25) is 0 Å². The Morgan fingerprint density at radius 2 is 2.20 bits per heavy atom. The summed E-state index contributed by atoms with van der Waals surface area (Å²) < 4.78 is 0. The first kappa shape index (κ1) is 13.4. The van der Waals surface area contributed by atoms with Crippen LogP contribution in [0.2, 0.25) is 0 Å². The molecular formula is C16H19N3S. The highest BCUT2D eigenvalue weighted by atomic mass is 32.2. The number of hydrogen-bond donors (Lipinski definition) is 1. The molecule has 0 spiro atoms. The lowest BCUT2D eigenvalue weighted by Gasteiger charge is -2.13. The fourth-order valence-electron chi connectivity index (χ4n) is 2.31. The summed E-state index contributed by atoms with van der Waals surface area (Å²) in [4.78, 5) is 9.18. The van der Waals surface area contributed by atoms with Crippen molar-refractivity contribution >= 4 is 27.8 Å². The quantitative estimate of drug-likeness (QED) is 0.938. The molecule has 0 aliphatic carbocycles. The Morgan fingerprint density at radius 1 is 1.35 bits per heavy atom. The van der Waals surface area contributed by atoms with Crippen LogP contribution < -0.4 is 5.32 Å². The first-order valence-electron chi connectivity index (χ1n) is 7.00. The minimum atomic E-state index is 0.546. The van der Waals surface area contributed by atoms with Crippen molar-refractivity contribution in [2.45, 2.75) is 26.4 Å². The van der Waals surface area contributed by atoms with Gasteiger partial charge in [0.05, 0.1) is 12.1 Å². The topological polar surface area (TPSA) is 37.3 Å². The number of benzene rings is 1. The van der Waals surface area contributed by atoms with E-state index in [-0.39, 0.29) is 0 Å². The number of thioether (sulfide) groups is 1. The predicted octanol–water partition coefficient (Wildman–Crippen LogP) is 3.45. The Bertz CT molecular complexity index is 631. The molecule has 0 saturated carbocycles. The molecule has 1 saturated heterocycles. The number of aliphatic imine (C=N–C) groups is 1. The highest BCUT2D eigenvalue weighted by Crippen LogP contribution is 2.21. The Balaban J connectivity index is 1.78. The number of pyridine rings is 1. The van der Waals surface area contributed by atoms with Crippen molar-refractivity contribution in [3.63, 3.8) is 0 Å². The second-order valence-electron chi connectivity index (χ2n) is 5.42. The van der Waals surface area contributed by atoms with Crippen LogP contribution >= 0.6 is 11.8 Å². The lowest BCUT2D eigenvalue weighted by Crippen LogP contribution is -2.31. The summed E-state index contributed by atoms with van der Waals surface area (Å²) in [6.45, 7) is 5.18. The molecule has 0 amide bonds. The minimum Gasteiger partial charge on any atom is -0.361 e. The zero-order chi connectivity index (χ0) is 13.9. The summed E-state index contributed by atoms with van der Waals surface area (Å²) >= 11 is 1.82. The number of rotatable bonds is 3.